The zero-order valence-electron chi connectivity index (χ0n) is 15.1. The summed E-state index contributed by atoms with van der Waals surface area (Å²) in [6, 6.07) is 16.6. The van der Waals surface area contributed by atoms with Crippen molar-refractivity contribution in [2.75, 3.05) is 20.4 Å². The lowest BCUT2D eigenvalue weighted by molar-refractivity contribution is 0.0702. The van der Waals surface area contributed by atoms with Gasteiger partial charge in [-0.15, -0.1) is 0 Å². The summed E-state index contributed by atoms with van der Waals surface area (Å²) in [5, 5.41) is 2.79. The molecule has 0 fully saturated rings. The highest BCUT2D eigenvalue weighted by Gasteiger charge is 2.25. The summed E-state index contributed by atoms with van der Waals surface area (Å²) in [5.74, 6) is -0.300. The first-order valence-electron chi connectivity index (χ1n) is 8.24. The van der Waals surface area contributed by atoms with Crippen LogP contribution in [0.4, 0.5) is 0 Å². The largest absolute Gasteiger partial charge is 0.382 e. The van der Waals surface area contributed by atoms with Crippen molar-refractivity contribution in [2.45, 2.75) is 19.1 Å². The molecule has 2 aromatic carbocycles. The second-order valence-electron chi connectivity index (χ2n) is 6.09. The Morgan fingerprint density at radius 3 is 2.23 bits per heavy atom. The van der Waals surface area contributed by atoms with Crippen LogP contribution >= 0.6 is 7.60 Å². The maximum atomic E-state index is 12.5. The third kappa shape index (κ3) is 6.07. The normalized spacial score (nSPS) is 15.7. The smallest absolute Gasteiger partial charge is 0.325 e. The number of hydrogen-bond donors (Lipinski definition) is 2. The van der Waals surface area contributed by atoms with Gasteiger partial charge in [0.25, 0.3) is 5.91 Å². The van der Waals surface area contributed by atoms with Crippen LogP contribution in [-0.2, 0) is 13.8 Å². The second-order valence-corrected chi connectivity index (χ2v) is 7.91. The van der Waals surface area contributed by atoms with E-state index >= 15 is 0 Å². The average Bonchev–Trinajstić information content (AvgIpc) is 2.60. The van der Waals surface area contributed by atoms with Crippen molar-refractivity contribution < 1.29 is 23.5 Å². The van der Waals surface area contributed by atoms with Gasteiger partial charge in [-0.1, -0.05) is 42.5 Å². The summed E-state index contributed by atoms with van der Waals surface area (Å²) in [6.07, 6.45) is -0.677. The number of methoxy groups -OCH3 is 1. The zero-order valence-corrected chi connectivity index (χ0v) is 16.0. The Kier molecular flexibility index (Phi) is 7.12. The van der Waals surface area contributed by atoms with Gasteiger partial charge in [0.05, 0.1) is 18.8 Å². The second kappa shape index (κ2) is 9.10. The molecule has 0 saturated carbocycles. The fraction of sp³-hybridized carbons (Fsp3) is 0.316. The molecule has 2 rings (SSSR count). The minimum Gasteiger partial charge on any atom is -0.382 e. The molecule has 2 aromatic rings. The molecule has 0 aliphatic rings. The molecule has 0 aliphatic heterocycles. The van der Waals surface area contributed by atoms with Crippen LogP contribution < -0.4 is 5.32 Å². The Balaban J connectivity index is 2.08. The highest BCUT2D eigenvalue weighted by molar-refractivity contribution is 7.51. The Labute approximate surface area is 153 Å². The zero-order chi connectivity index (χ0) is 19.2. The monoisotopic (exact) mass is 377 g/mol. The third-order valence-corrected chi connectivity index (χ3v) is 4.57. The molecule has 26 heavy (non-hydrogen) atoms. The molecule has 2 N–H and O–H groups in total. The van der Waals surface area contributed by atoms with E-state index in [9.17, 15) is 14.3 Å². The van der Waals surface area contributed by atoms with Crippen molar-refractivity contribution in [3.63, 3.8) is 0 Å². The number of nitrogens with one attached hydrogen (secondary N) is 1. The molecule has 0 heterocycles. The van der Waals surface area contributed by atoms with E-state index in [1.807, 2.05) is 42.5 Å². The first kappa shape index (κ1) is 20.3. The Hall–Kier alpha value is -1.98. The molecule has 0 aliphatic carbocycles. The molecule has 7 heteroatoms. The minimum absolute atomic E-state index is 0.162. The summed E-state index contributed by atoms with van der Waals surface area (Å²) < 4.78 is 21.6. The van der Waals surface area contributed by atoms with E-state index in [1.165, 1.54) is 7.11 Å². The van der Waals surface area contributed by atoms with E-state index in [1.54, 1.807) is 19.1 Å². The quantitative estimate of drug-likeness (QED) is 0.690. The molecule has 3 atom stereocenters. The highest BCUT2D eigenvalue weighted by atomic mass is 31.2. The SMILES string of the molecule is COC[C@H](NC(=O)c1ccc(-c2ccccc2)cc1)[C@H](C)OP(C)(=O)O. The molecule has 6 nitrogen and oxygen atoms in total. The van der Waals surface area contributed by atoms with Gasteiger partial charge in [0.15, 0.2) is 0 Å². The minimum atomic E-state index is -3.66. The molecular weight excluding hydrogens is 353 g/mol. The number of rotatable bonds is 8. The Bertz CT molecular complexity index is 757. The Morgan fingerprint density at radius 2 is 1.69 bits per heavy atom. The van der Waals surface area contributed by atoms with Gasteiger partial charge in [-0.3, -0.25) is 9.36 Å². The van der Waals surface area contributed by atoms with E-state index < -0.39 is 19.7 Å². The maximum absolute atomic E-state index is 12.5. The standard InChI is InChI=1S/C19H24NO5P/c1-14(25-26(3,22)23)18(13-24-2)20-19(21)17-11-9-16(10-12-17)15-7-5-4-6-8-15/h4-12,14,18H,13H2,1-3H3,(H,20,21)(H,22,23)/t14-,18-/m0/s1. The maximum Gasteiger partial charge on any atom is 0.325 e. The van der Waals surface area contributed by atoms with E-state index in [0.29, 0.717) is 5.56 Å². The first-order valence-corrected chi connectivity index (χ1v) is 10.3. The van der Waals surface area contributed by atoms with Crippen LogP contribution in [0.2, 0.25) is 0 Å². The third-order valence-electron chi connectivity index (χ3n) is 3.85. The highest BCUT2D eigenvalue weighted by Crippen LogP contribution is 2.38. The van der Waals surface area contributed by atoms with Crippen LogP contribution in [0.3, 0.4) is 0 Å². The number of benzene rings is 2. The molecule has 140 valence electrons. The first-order chi connectivity index (χ1) is 12.3. The number of ether oxygens (including phenoxy) is 1. The van der Waals surface area contributed by atoms with Crippen LogP contribution in [0.5, 0.6) is 0 Å². The summed E-state index contributed by atoms with van der Waals surface area (Å²) in [5.41, 5.74) is 2.57. The summed E-state index contributed by atoms with van der Waals surface area (Å²) in [6.45, 7) is 2.89. The molecule has 0 radical (unpaired) electrons. The summed E-state index contributed by atoms with van der Waals surface area (Å²) in [7, 11) is -2.17. The average molecular weight is 377 g/mol. The summed E-state index contributed by atoms with van der Waals surface area (Å²) in [4.78, 5) is 21.9. The van der Waals surface area contributed by atoms with Crippen molar-refractivity contribution in [3.8, 4) is 11.1 Å². The number of carbonyl (C=O) groups excluding carboxylic acids is 1. The van der Waals surface area contributed by atoms with Gasteiger partial charge in [-0.25, -0.2) is 0 Å². The van der Waals surface area contributed by atoms with Crippen molar-refractivity contribution in [2.24, 2.45) is 0 Å². The van der Waals surface area contributed by atoms with Gasteiger partial charge in [-0.2, -0.15) is 0 Å². The van der Waals surface area contributed by atoms with E-state index in [0.717, 1.165) is 17.8 Å². The predicted octanol–water partition coefficient (Wildman–Crippen LogP) is 3.32. The molecule has 1 unspecified atom stereocenters. The van der Waals surface area contributed by atoms with Gasteiger partial charge in [-0.05, 0) is 30.2 Å². The van der Waals surface area contributed by atoms with Crippen LogP contribution in [-0.4, -0.2) is 43.3 Å². The topological polar surface area (TPSA) is 84.9 Å². The van der Waals surface area contributed by atoms with Gasteiger partial charge >= 0.3 is 7.60 Å². The van der Waals surface area contributed by atoms with Crippen molar-refractivity contribution in [3.05, 3.63) is 60.2 Å². The van der Waals surface area contributed by atoms with Gasteiger partial charge in [0.1, 0.15) is 0 Å². The van der Waals surface area contributed by atoms with Crippen molar-refractivity contribution >= 4 is 13.5 Å². The van der Waals surface area contributed by atoms with Crippen LogP contribution in [0.1, 0.15) is 17.3 Å². The van der Waals surface area contributed by atoms with Crippen molar-refractivity contribution in [1.29, 1.82) is 0 Å². The number of hydrogen-bond acceptors (Lipinski definition) is 4. The summed E-state index contributed by atoms with van der Waals surface area (Å²) >= 11 is 0. The lowest BCUT2D eigenvalue weighted by atomic mass is 10.0. The van der Waals surface area contributed by atoms with Gasteiger partial charge in [0.2, 0.25) is 0 Å². The van der Waals surface area contributed by atoms with Gasteiger partial charge < -0.3 is 19.5 Å². The molecule has 0 saturated heterocycles. The fourth-order valence-corrected chi connectivity index (χ4v) is 3.32. The lowest BCUT2D eigenvalue weighted by Crippen LogP contribution is -2.45. The van der Waals surface area contributed by atoms with Crippen LogP contribution in [0, 0.1) is 0 Å². The van der Waals surface area contributed by atoms with E-state index in [4.69, 9.17) is 9.26 Å². The molecular formula is C19H24NO5P. The molecule has 1 amide bonds. The van der Waals surface area contributed by atoms with Crippen molar-refractivity contribution in [1.82, 2.24) is 5.32 Å². The molecule has 0 aromatic heterocycles. The molecule has 0 spiro atoms. The van der Waals surface area contributed by atoms with Crippen LogP contribution in [0.15, 0.2) is 54.6 Å². The number of carbonyl (C=O) groups is 1. The Morgan fingerprint density at radius 1 is 1.12 bits per heavy atom. The molecule has 0 bridgehead atoms. The van der Waals surface area contributed by atoms with E-state index in [-0.39, 0.29) is 12.5 Å². The van der Waals surface area contributed by atoms with Gasteiger partial charge in [0, 0.05) is 19.3 Å². The predicted molar refractivity (Wildman–Crippen MR) is 101 cm³/mol. The van der Waals surface area contributed by atoms with Crippen LogP contribution in [0.25, 0.3) is 11.1 Å². The lowest BCUT2D eigenvalue weighted by Gasteiger charge is -2.25. The number of amides is 1. The van der Waals surface area contributed by atoms with E-state index in [2.05, 4.69) is 5.32 Å². The fourth-order valence-electron chi connectivity index (χ4n) is 2.55.